The number of urea groups is 1. The smallest absolute Gasteiger partial charge is 0.328 e. The van der Waals surface area contributed by atoms with Crippen molar-refractivity contribution in [2.45, 2.75) is 88.4 Å². The fourth-order valence-corrected chi connectivity index (χ4v) is 7.68. The van der Waals surface area contributed by atoms with Gasteiger partial charge >= 0.3 is 12.0 Å². The topological polar surface area (TPSA) is 211 Å². The number of esters is 1. The van der Waals surface area contributed by atoms with E-state index in [-0.39, 0.29) is 25.3 Å². The van der Waals surface area contributed by atoms with Crippen LogP contribution in [0, 0.1) is 11.3 Å². The first-order valence-corrected chi connectivity index (χ1v) is 18.5. The summed E-state index contributed by atoms with van der Waals surface area (Å²) in [6, 6.07) is 2.92. The second-order valence-corrected chi connectivity index (χ2v) is 16.5. The molecule has 52 heavy (non-hydrogen) atoms. The number of pyridine rings is 1. The molecule has 3 fully saturated rings. The molecular weight excluding hydrogens is 696 g/mol. The number of carbonyl (C=O) groups excluding carboxylic acids is 5. The molecule has 4 N–H and O–H groups in total. The minimum atomic E-state index is -3.92. The zero-order chi connectivity index (χ0) is 38.2. The van der Waals surface area contributed by atoms with Gasteiger partial charge in [0.25, 0.3) is 5.91 Å². The Morgan fingerprint density at radius 2 is 1.81 bits per heavy atom. The lowest BCUT2D eigenvalue weighted by Gasteiger charge is -2.35. The standard InChI is InChI=1S/C35H46N6O10S/c1-8-21-17-35(21,32(45)40-52(47,48)24-10-11-24)39-28(42)26-16-23(51-29-25-12-9-22(49-6)15-20(25)13-14-36-29)18-41(26)30(43)27(34(3,4)5)38-33(46)37-19(2)31(44)50-7/h8-9,12-15,19,21,23-24,26-27H,1,10-11,16-18H2,2-7H3,(H,39,42)(H,40,45)(H2,37,38,46)/t19-,21+,23+,26-,27+,35+/m0/s1. The Hall–Kier alpha value is -4.93. The van der Waals surface area contributed by atoms with Crippen molar-refractivity contribution in [3.8, 4) is 11.6 Å². The molecule has 5 rings (SSSR count). The Morgan fingerprint density at radius 3 is 2.40 bits per heavy atom. The van der Waals surface area contributed by atoms with Gasteiger partial charge in [0, 0.05) is 23.9 Å². The van der Waals surface area contributed by atoms with E-state index in [0.29, 0.717) is 24.0 Å². The zero-order valence-corrected chi connectivity index (χ0v) is 30.9. The third kappa shape index (κ3) is 8.08. The zero-order valence-electron chi connectivity index (χ0n) is 30.1. The van der Waals surface area contributed by atoms with Crippen molar-refractivity contribution < 1.29 is 46.6 Å². The molecule has 17 heteroatoms. The van der Waals surface area contributed by atoms with Crippen LogP contribution in [-0.4, -0.2) is 104 Å². The van der Waals surface area contributed by atoms with Gasteiger partial charge in [-0.1, -0.05) is 26.8 Å². The average molecular weight is 743 g/mol. The molecule has 1 aliphatic heterocycles. The number of rotatable bonds is 13. The number of ether oxygens (including phenoxy) is 3. The molecule has 2 heterocycles. The van der Waals surface area contributed by atoms with Crippen molar-refractivity contribution in [2.75, 3.05) is 20.8 Å². The van der Waals surface area contributed by atoms with Gasteiger partial charge in [0.2, 0.25) is 27.7 Å². The number of methoxy groups -OCH3 is 2. The number of likely N-dealkylation sites (tertiary alicyclic amines) is 1. The van der Waals surface area contributed by atoms with Crippen LogP contribution in [-0.2, 0) is 33.9 Å². The van der Waals surface area contributed by atoms with Crippen molar-refractivity contribution >= 4 is 50.5 Å². The summed E-state index contributed by atoms with van der Waals surface area (Å²) in [5, 5.41) is 8.64. The minimum Gasteiger partial charge on any atom is -0.497 e. The molecule has 0 radical (unpaired) electrons. The summed E-state index contributed by atoms with van der Waals surface area (Å²) in [7, 11) is -1.19. The van der Waals surface area contributed by atoms with E-state index in [1.165, 1.54) is 25.0 Å². The number of hydrogen-bond donors (Lipinski definition) is 4. The molecule has 0 bridgehead atoms. The van der Waals surface area contributed by atoms with Gasteiger partial charge in [0.15, 0.2) is 0 Å². The third-order valence-electron chi connectivity index (χ3n) is 9.60. The van der Waals surface area contributed by atoms with E-state index in [4.69, 9.17) is 9.47 Å². The molecule has 1 aromatic carbocycles. The Balaban J connectivity index is 1.43. The van der Waals surface area contributed by atoms with Crippen molar-refractivity contribution in [1.29, 1.82) is 0 Å². The maximum atomic E-state index is 14.5. The van der Waals surface area contributed by atoms with Crippen LogP contribution in [0.3, 0.4) is 0 Å². The number of hydrogen-bond acceptors (Lipinski definition) is 11. The molecule has 6 atom stereocenters. The first kappa shape index (κ1) is 38.3. The van der Waals surface area contributed by atoms with E-state index in [0.717, 1.165) is 5.39 Å². The summed E-state index contributed by atoms with van der Waals surface area (Å²) in [4.78, 5) is 72.8. The number of aromatic nitrogens is 1. The van der Waals surface area contributed by atoms with Crippen LogP contribution in [0.25, 0.3) is 10.8 Å². The molecule has 0 unspecified atom stereocenters. The van der Waals surface area contributed by atoms with Gasteiger partial charge in [-0.25, -0.2) is 23.0 Å². The third-order valence-corrected chi connectivity index (χ3v) is 11.4. The summed E-state index contributed by atoms with van der Waals surface area (Å²) in [6.45, 7) is 10.3. The lowest BCUT2D eigenvalue weighted by Crippen LogP contribution is -2.61. The maximum absolute atomic E-state index is 14.5. The van der Waals surface area contributed by atoms with Crippen LogP contribution in [0.15, 0.2) is 43.1 Å². The number of nitrogens with one attached hydrogen (secondary N) is 4. The molecule has 5 amide bonds. The Bertz CT molecular complexity index is 1880. The van der Waals surface area contributed by atoms with Gasteiger partial charge in [-0.05, 0) is 61.3 Å². The number of sulfonamides is 1. The van der Waals surface area contributed by atoms with Crippen LogP contribution in [0.2, 0.25) is 0 Å². The molecule has 2 aliphatic carbocycles. The van der Waals surface area contributed by atoms with E-state index in [9.17, 15) is 32.4 Å². The normalized spacial score (nSPS) is 23.8. The van der Waals surface area contributed by atoms with Gasteiger partial charge in [-0.3, -0.25) is 19.1 Å². The van der Waals surface area contributed by atoms with Crippen LogP contribution in [0.5, 0.6) is 11.6 Å². The summed E-state index contributed by atoms with van der Waals surface area (Å²) in [6.07, 6.45) is 3.25. The van der Waals surface area contributed by atoms with Gasteiger partial charge in [-0.2, -0.15) is 0 Å². The molecular formula is C35H46N6O10S. The number of carbonyl (C=O) groups is 5. The molecule has 282 valence electrons. The Labute approximate surface area is 302 Å². The molecule has 2 aromatic rings. The number of nitrogens with zero attached hydrogens (tertiary/aromatic N) is 2. The van der Waals surface area contributed by atoms with E-state index in [1.54, 1.807) is 52.3 Å². The van der Waals surface area contributed by atoms with Crippen molar-refractivity contribution in [1.82, 2.24) is 30.6 Å². The fourth-order valence-electron chi connectivity index (χ4n) is 6.32. The lowest BCUT2D eigenvalue weighted by atomic mass is 9.85. The highest BCUT2D eigenvalue weighted by Crippen LogP contribution is 2.45. The molecule has 3 aliphatic rings. The van der Waals surface area contributed by atoms with Gasteiger partial charge in [-0.15, -0.1) is 6.58 Å². The number of fused-ring (bicyclic) bond motifs is 1. The molecule has 0 spiro atoms. The van der Waals surface area contributed by atoms with E-state index in [1.807, 2.05) is 6.07 Å². The Morgan fingerprint density at radius 1 is 1.10 bits per heavy atom. The van der Waals surface area contributed by atoms with Crippen LogP contribution < -0.4 is 30.1 Å². The Kier molecular flexibility index (Phi) is 10.8. The maximum Gasteiger partial charge on any atom is 0.328 e. The molecule has 16 nitrogen and oxygen atoms in total. The van der Waals surface area contributed by atoms with Crippen molar-refractivity contribution in [2.24, 2.45) is 11.3 Å². The molecule has 2 saturated carbocycles. The summed E-state index contributed by atoms with van der Waals surface area (Å²) >= 11 is 0. The van der Waals surface area contributed by atoms with Crippen LogP contribution in [0.1, 0.15) is 53.4 Å². The molecule has 1 saturated heterocycles. The fraction of sp³-hybridized carbons (Fsp3) is 0.543. The highest BCUT2D eigenvalue weighted by Gasteiger charge is 2.62. The lowest BCUT2D eigenvalue weighted by molar-refractivity contribution is -0.142. The second-order valence-electron chi connectivity index (χ2n) is 14.5. The minimum absolute atomic E-state index is 0.0228. The first-order valence-electron chi connectivity index (χ1n) is 17.0. The predicted octanol–water partition coefficient (Wildman–Crippen LogP) is 1.54. The van der Waals surface area contributed by atoms with E-state index < -0.39 is 86.1 Å². The summed E-state index contributed by atoms with van der Waals surface area (Å²) in [5.74, 6) is -2.56. The van der Waals surface area contributed by atoms with Gasteiger partial charge in [0.05, 0.1) is 26.0 Å². The largest absolute Gasteiger partial charge is 0.497 e. The second kappa shape index (κ2) is 14.6. The SMILES string of the molecule is C=C[C@@H]1C[C@]1(NC(=O)[C@@H]1C[C@@H](Oc2nccc3cc(OC)ccc23)CN1C(=O)[C@@H](NC(=O)N[C@@H](C)C(=O)OC)C(C)(C)C)C(=O)NS(=O)(=O)C1CC1. The monoisotopic (exact) mass is 742 g/mol. The average Bonchev–Trinajstić information content (AvgIpc) is 4.02. The quantitative estimate of drug-likeness (QED) is 0.171. The first-order chi connectivity index (χ1) is 24.4. The molecule has 1 aromatic heterocycles. The number of amides is 5. The predicted molar refractivity (Wildman–Crippen MR) is 188 cm³/mol. The summed E-state index contributed by atoms with van der Waals surface area (Å²) < 4.78 is 43.8. The van der Waals surface area contributed by atoms with E-state index in [2.05, 4.69) is 37.0 Å². The van der Waals surface area contributed by atoms with Crippen LogP contribution in [0.4, 0.5) is 4.79 Å². The summed E-state index contributed by atoms with van der Waals surface area (Å²) in [5.41, 5.74) is -2.47. The van der Waals surface area contributed by atoms with Crippen molar-refractivity contribution in [3.05, 3.63) is 43.1 Å². The van der Waals surface area contributed by atoms with Gasteiger partial charge < -0.3 is 35.1 Å². The van der Waals surface area contributed by atoms with Crippen molar-refractivity contribution in [3.63, 3.8) is 0 Å². The van der Waals surface area contributed by atoms with Gasteiger partial charge in [0.1, 0.15) is 35.5 Å². The van der Waals surface area contributed by atoms with E-state index >= 15 is 0 Å². The number of benzene rings is 1. The van der Waals surface area contributed by atoms with Crippen LogP contribution >= 0.6 is 0 Å². The highest BCUT2D eigenvalue weighted by molar-refractivity contribution is 7.91. The highest BCUT2D eigenvalue weighted by atomic mass is 32.2.